The van der Waals surface area contributed by atoms with E-state index in [0.29, 0.717) is 35.0 Å². The SMILES string of the molecule is CC1(C)Cc2c(C#N)c3nc(-c4ccc(Cl)cc4)cnn3c2CO1. The summed E-state index contributed by atoms with van der Waals surface area (Å²) < 4.78 is 7.60. The fourth-order valence-corrected chi connectivity index (χ4v) is 3.21. The molecule has 24 heavy (non-hydrogen) atoms. The number of fused-ring (bicyclic) bond motifs is 3. The van der Waals surface area contributed by atoms with Crippen molar-refractivity contribution in [3.8, 4) is 17.3 Å². The zero-order valence-electron chi connectivity index (χ0n) is 13.4. The van der Waals surface area contributed by atoms with Crippen LogP contribution in [0.4, 0.5) is 0 Å². The fraction of sp³-hybridized carbons (Fsp3) is 0.278. The van der Waals surface area contributed by atoms with Gasteiger partial charge in [-0.05, 0) is 26.0 Å². The molecule has 0 amide bonds. The average molecular weight is 339 g/mol. The van der Waals surface area contributed by atoms with Gasteiger partial charge in [-0.1, -0.05) is 23.7 Å². The molecule has 0 atom stereocenters. The minimum atomic E-state index is -0.289. The smallest absolute Gasteiger partial charge is 0.172 e. The van der Waals surface area contributed by atoms with Gasteiger partial charge < -0.3 is 4.74 Å². The zero-order chi connectivity index (χ0) is 16.9. The molecule has 6 heteroatoms. The lowest BCUT2D eigenvalue weighted by atomic mass is 9.93. The Morgan fingerprint density at radius 2 is 2.04 bits per heavy atom. The summed E-state index contributed by atoms with van der Waals surface area (Å²) in [6.45, 7) is 4.49. The van der Waals surface area contributed by atoms with E-state index in [0.717, 1.165) is 16.8 Å². The molecule has 1 aliphatic heterocycles. The number of halogens is 1. The quantitative estimate of drug-likeness (QED) is 0.677. The minimum Gasteiger partial charge on any atom is -0.369 e. The molecule has 0 unspecified atom stereocenters. The summed E-state index contributed by atoms with van der Waals surface area (Å²) in [6.07, 6.45) is 2.38. The van der Waals surface area contributed by atoms with Gasteiger partial charge >= 0.3 is 0 Å². The third-order valence-electron chi connectivity index (χ3n) is 4.31. The Morgan fingerprint density at radius 3 is 2.75 bits per heavy atom. The highest BCUT2D eigenvalue weighted by Gasteiger charge is 2.32. The van der Waals surface area contributed by atoms with Crippen molar-refractivity contribution in [2.75, 3.05) is 0 Å². The molecule has 0 N–H and O–H groups in total. The van der Waals surface area contributed by atoms with Crippen molar-refractivity contribution in [3.63, 3.8) is 0 Å². The Hall–Kier alpha value is -2.42. The summed E-state index contributed by atoms with van der Waals surface area (Å²) in [5.41, 5.74) is 4.40. The molecule has 0 saturated carbocycles. The van der Waals surface area contributed by atoms with Gasteiger partial charge in [-0.25, -0.2) is 9.50 Å². The summed E-state index contributed by atoms with van der Waals surface area (Å²) in [4.78, 5) is 4.68. The van der Waals surface area contributed by atoms with Crippen molar-refractivity contribution < 1.29 is 4.74 Å². The number of hydrogen-bond acceptors (Lipinski definition) is 4. The van der Waals surface area contributed by atoms with E-state index in [2.05, 4.69) is 16.2 Å². The summed E-state index contributed by atoms with van der Waals surface area (Å²) in [5, 5.41) is 14.8. The average Bonchev–Trinajstić information content (AvgIpc) is 2.86. The maximum Gasteiger partial charge on any atom is 0.172 e. The predicted molar refractivity (Wildman–Crippen MR) is 90.7 cm³/mol. The first kappa shape index (κ1) is 15.1. The van der Waals surface area contributed by atoms with Gasteiger partial charge in [0.15, 0.2) is 5.65 Å². The summed E-state index contributed by atoms with van der Waals surface area (Å²) >= 11 is 5.94. The number of benzene rings is 1. The molecule has 0 aliphatic carbocycles. The topological polar surface area (TPSA) is 63.2 Å². The molecule has 3 heterocycles. The Balaban J connectivity index is 1.92. The van der Waals surface area contributed by atoms with Crippen LogP contribution in [0.1, 0.15) is 30.7 Å². The van der Waals surface area contributed by atoms with Gasteiger partial charge in [-0.3, -0.25) is 0 Å². The first-order valence-electron chi connectivity index (χ1n) is 7.68. The van der Waals surface area contributed by atoms with Crippen molar-refractivity contribution in [2.45, 2.75) is 32.5 Å². The second-order valence-corrected chi connectivity index (χ2v) is 6.96. The Kier molecular flexibility index (Phi) is 3.34. The predicted octanol–water partition coefficient (Wildman–Crippen LogP) is 3.77. The van der Waals surface area contributed by atoms with Crippen molar-refractivity contribution >= 4 is 17.2 Å². The van der Waals surface area contributed by atoms with Gasteiger partial charge in [0.25, 0.3) is 0 Å². The number of ether oxygens (including phenoxy) is 1. The molecule has 1 aromatic carbocycles. The Morgan fingerprint density at radius 1 is 1.29 bits per heavy atom. The van der Waals surface area contributed by atoms with Gasteiger partial charge in [-0.2, -0.15) is 10.4 Å². The fourth-order valence-electron chi connectivity index (χ4n) is 3.08. The van der Waals surface area contributed by atoms with E-state index in [4.69, 9.17) is 16.3 Å². The highest BCUT2D eigenvalue weighted by molar-refractivity contribution is 6.30. The normalized spacial score (nSPS) is 15.9. The van der Waals surface area contributed by atoms with Gasteiger partial charge in [0, 0.05) is 22.6 Å². The number of rotatable bonds is 1. The molecule has 0 spiro atoms. The molecule has 2 aromatic heterocycles. The number of nitrogens with zero attached hydrogens (tertiary/aromatic N) is 4. The number of aromatic nitrogens is 3. The van der Waals surface area contributed by atoms with Crippen LogP contribution in [0.3, 0.4) is 0 Å². The van der Waals surface area contributed by atoms with Crippen molar-refractivity contribution in [1.82, 2.24) is 14.6 Å². The minimum absolute atomic E-state index is 0.289. The second kappa shape index (κ2) is 5.30. The Labute approximate surface area is 144 Å². The molecule has 1 aliphatic rings. The second-order valence-electron chi connectivity index (χ2n) is 6.52. The molecule has 5 nitrogen and oxygen atoms in total. The molecule has 0 bridgehead atoms. The maximum atomic E-state index is 9.66. The number of nitriles is 1. The first-order chi connectivity index (χ1) is 11.5. The summed E-state index contributed by atoms with van der Waals surface area (Å²) in [5.74, 6) is 0. The monoisotopic (exact) mass is 338 g/mol. The molecule has 0 fully saturated rings. The van der Waals surface area contributed by atoms with Crippen molar-refractivity contribution in [1.29, 1.82) is 5.26 Å². The molecular formula is C18H15ClN4O. The van der Waals surface area contributed by atoms with Crippen LogP contribution in [-0.4, -0.2) is 20.2 Å². The molecule has 120 valence electrons. The Bertz CT molecular complexity index is 983. The van der Waals surface area contributed by atoms with Crippen LogP contribution < -0.4 is 0 Å². The third-order valence-corrected chi connectivity index (χ3v) is 4.56. The molecular weight excluding hydrogens is 324 g/mol. The van der Waals surface area contributed by atoms with Gasteiger partial charge in [0.05, 0.1) is 29.8 Å². The van der Waals surface area contributed by atoms with E-state index >= 15 is 0 Å². The summed E-state index contributed by atoms with van der Waals surface area (Å²) in [6, 6.07) is 9.72. The van der Waals surface area contributed by atoms with Gasteiger partial charge in [0.2, 0.25) is 0 Å². The van der Waals surface area contributed by atoms with E-state index in [9.17, 15) is 5.26 Å². The van der Waals surface area contributed by atoms with Crippen LogP contribution in [0, 0.1) is 11.3 Å². The van der Waals surface area contributed by atoms with Crippen LogP contribution in [0.25, 0.3) is 16.9 Å². The third kappa shape index (κ3) is 2.35. The van der Waals surface area contributed by atoms with Gasteiger partial charge in [-0.15, -0.1) is 0 Å². The number of hydrogen-bond donors (Lipinski definition) is 0. The first-order valence-corrected chi connectivity index (χ1v) is 8.06. The molecule has 4 rings (SSSR count). The van der Waals surface area contributed by atoms with E-state index in [1.165, 1.54) is 0 Å². The lowest BCUT2D eigenvalue weighted by molar-refractivity contribution is -0.0423. The van der Waals surface area contributed by atoms with Crippen LogP contribution in [0.15, 0.2) is 30.5 Å². The summed E-state index contributed by atoms with van der Waals surface area (Å²) in [7, 11) is 0. The lowest BCUT2D eigenvalue weighted by Crippen LogP contribution is -2.32. The van der Waals surface area contributed by atoms with Crippen LogP contribution in [0.5, 0.6) is 0 Å². The molecule has 3 aromatic rings. The van der Waals surface area contributed by atoms with Crippen molar-refractivity contribution in [2.24, 2.45) is 0 Å². The lowest BCUT2D eigenvalue weighted by Gasteiger charge is -2.30. The standard InChI is InChI=1S/C18H15ClN4O/c1-18(2)7-13-14(8-20)17-22-15(11-3-5-12(19)6-4-11)9-21-23(17)16(13)10-24-18/h3-6,9H,7,10H2,1-2H3. The molecule has 0 saturated heterocycles. The van der Waals surface area contributed by atoms with E-state index < -0.39 is 0 Å². The van der Waals surface area contributed by atoms with Crippen LogP contribution in [-0.2, 0) is 17.8 Å². The highest BCUT2D eigenvalue weighted by atomic mass is 35.5. The van der Waals surface area contributed by atoms with Crippen LogP contribution in [0.2, 0.25) is 5.02 Å². The van der Waals surface area contributed by atoms with E-state index in [-0.39, 0.29) is 5.60 Å². The molecule has 0 radical (unpaired) electrons. The van der Waals surface area contributed by atoms with E-state index in [1.54, 1.807) is 10.7 Å². The van der Waals surface area contributed by atoms with Gasteiger partial charge in [0.1, 0.15) is 11.6 Å². The van der Waals surface area contributed by atoms with E-state index in [1.807, 2.05) is 38.1 Å². The highest BCUT2D eigenvalue weighted by Crippen LogP contribution is 2.33. The maximum absolute atomic E-state index is 9.66. The zero-order valence-corrected chi connectivity index (χ0v) is 14.1. The van der Waals surface area contributed by atoms with Crippen LogP contribution >= 0.6 is 11.6 Å². The van der Waals surface area contributed by atoms with Crippen molar-refractivity contribution in [3.05, 3.63) is 52.3 Å². The largest absolute Gasteiger partial charge is 0.369 e.